The van der Waals surface area contributed by atoms with Crippen LogP contribution in [0.25, 0.3) is 0 Å². The van der Waals surface area contributed by atoms with Gasteiger partial charge in [-0.05, 0) is 55.7 Å². The molecule has 2 rings (SSSR count). The number of anilines is 1. The van der Waals surface area contributed by atoms with E-state index in [2.05, 4.69) is 17.2 Å². The summed E-state index contributed by atoms with van der Waals surface area (Å²) < 4.78 is 11.3. The van der Waals surface area contributed by atoms with Crippen molar-refractivity contribution in [3.05, 3.63) is 36.9 Å². The lowest BCUT2D eigenvalue weighted by molar-refractivity contribution is 0.0574. The fourth-order valence-corrected chi connectivity index (χ4v) is 2.76. The molecule has 0 spiro atoms. The molecule has 0 aromatic heterocycles. The second kappa shape index (κ2) is 10.2. The Morgan fingerprint density at radius 1 is 1.26 bits per heavy atom. The van der Waals surface area contributed by atoms with Gasteiger partial charge in [-0.15, -0.1) is 0 Å². The zero-order valence-electron chi connectivity index (χ0n) is 13.6. The topological polar surface area (TPSA) is 42.5 Å². The molecule has 23 heavy (non-hydrogen) atoms. The highest BCUT2D eigenvalue weighted by Gasteiger charge is 2.14. The van der Waals surface area contributed by atoms with Crippen molar-refractivity contribution in [2.45, 2.75) is 38.2 Å². The van der Waals surface area contributed by atoms with Gasteiger partial charge in [-0.1, -0.05) is 25.5 Å². The maximum absolute atomic E-state index is 5.82. The summed E-state index contributed by atoms with van der Waals surface area (Å²) in [6, 6.07) is 7.69. The van der Waals surface area contributed by atoms with Gasteiger partial charge in [0.1, 0.15) is 12.4 Å². The van der Waals surface area contributed by atoms with Gasteiger partial charge in [0.2, 0.25) is 0 Å². The van der Waals surface area contributed by atoms with Crippen molar-refractivity contribution in [1.82, 2.24) is 5.32 Å². The van der Waals surface area contributed by atoms with Crippen LogP contribution in [0.5, 0.6) is 5.75 Å². The zero-order chi connectivity index (χ0) is 16.3. The molecule has 0 aliphatic heterocycles. The third-order valence-electron chi connectivity index (χ3n) is 3.74. The van der Waals surface area contributed by atoms with Gasteiger partial charge in [-0.25, -0.2) is 0 Å². The van der Waals surface area contributed by atoms with E-state index in [9.17, 15) is 0 Å². The Balaban J connectivity index is 1.57. The molecule has 1 aromatic carbocycles. The minimum atomic E-state index is 0.488. The second-order valence-corrected chi connectivity index (χ2v) is 6.04. The summed E-state index contributed by atoms with van der Waals surface area (Å²) in [5.74, 6) is 0.818. The SMILES string of the molecule is C=CCOc1ccc(NC(=S)NCCCOC2CCCC2)cc1. The van der Waals surface area contributed by atoms with E-state index in [0.717, 1.165) is 31.0 Å². The summed E-state index contributed by atoms with van der Waals surface area (Å²) in [6.07, 6.45) is 8.25. The van der Waals surface area contributed by atoms with Crippen LogP contribution < -0.4 is 15.4 Å². The average molecular weight is 334 g/mol. The van der Waals surface area contributed by atoms with Gasteiger partial charge in [-0.3, -0.25) is 0 Å². The molecule has 0 unspecified atom stereocenters. The third-order valence-corrected chi connectivity index (χ3v) is 3.99. The Bertz CT molecular complexity index is 484. The second-order valence-electron chi connectivity index (χ2n) is 5.64. The molecule has 0 heterocycles. The van der Waals surface area contributed by atoms with Gasteiger partial charge < -0.3 is 20.1 Å². The molecule has 1 aliphatic carbocycles. The van der Waals surface area contributed by atoms with Crippen LogP contribution in [-0.4, -0.2) is 31.0 Å². The Morgan fingerprint density at radius 2 is 2.00 bits per heavy atom. The minimum Gasteiger partial charge on any atom is -0.490 e. The van der Waals surface area contributed by atoms with E-state index in [4.69, 9.17) is 21.7 Å². The van der Waals surface area contributed by atoms with Crippen LogP contribution in [0, 0.1) is 0 Å². The molecule has 1 fully saturated rings. The smallest absolute Gasteiger partial charge is 0.170 e. The van der Waals surface area contributed by atoms with Crippen LogP contribution in [-0.2, 0) is 4.74 Å². The van der Waals surface area contributed by atoms with Crippen LogP contribution in [0.15, 0.2) is 36.9 Å². The lowest BCUT2D eigenvalue weighted by Gasteiger charge is -2.13. The molecule has 0 saturated heterocycles. The fourth-order valence-electron chi connectivity index (χ4n) is 2.54. The molecule has 2 N–H and O–H groups in total. The molecule has 1 aliphatic rings. The van der Waals surface area contributed by atoms with Gasteiger partial charge in [-0.2, -0.15) is 0 Å². The molecular formula is C18H26N2O2S. The van der Waals surface area contributed by atoms with Gasteiger partial charge >= 0.3 is 0 Å². The van der Waals surface area contributed by atoms with Gasteiger partial charge in [0.05, 0.1) is 6.10 Å². The molecule has 0 amide bonds. The first-order valence-corrected chi connectivity index (χ1v) is 8.69. The van der Waals surface area contributed by atoms with Crippen molar-refractivity contribution in [3.8, 4) is 5.75 Å². The number of rotatable bonds is 9. The summed E-state index contributed by atoms with van der Waals surface area (Å²) in [5.41, 5.74) is 0.940. The number of hydrogen-bond donors (Lipinski definition) is 2. The highest BCUT2D eigenvalue weighted by atomic mass is 32.1. The van der Waals surface area contributed by atoms with E-state index < -0.39 is 0 Å². The van der Waals surface area contributed by atoms with Crippen molar-refractivity contribution in [2.75, 3.05) is 25.1 Å². The van der Waals surface area contributed by atoms with E-state index in [1.807, 2.05) is 24.3 Å². The number of nitrogens with one attached hydrogen (secondary N) is 2. The van der Waals surface area contributed by atoms with E-state index in [0.29, 0.717) is 17.8 Å². The molecule has 126 valence electrons. The normalized spacial score (nSPS) is 14.4. The molecular weight excluding hydrogens is 308 g/mol. The maximum atomic E-state index is 5.82. The Morgan fingerprint density at radius 3 is 2.70 bits per heavy atom. The predicted octanol–water partition coefficient (Wildman–Crippen LogP) is 3.89. The Labute approximate surface area is 144 Å². The molecule has 4 nitrogen and oxygen atoms in total. The van der Waals surface area contributed by atoms with Crippen molar-refractivity contribution >= 4 is 23.0 Å². The first-order chi connectivity index (χ1) is 11.3. The minimum absolute atomic E-state index is 0.488. The molecule has 1 aromatic rings. The molecule has 0 atom stereocenters. The first-order valence-electron chi connectivity index (χ1n) is 8.28. The highest BCUT2D eigenvalue weighted by molar-refractivity contribution is 7.80. The lowest BCUT2D eigenvalue weighted by atomic mass is 10.3. The summed E-state index contributed by atoms with van der Waals surface area (Å²) in [4.78, 5) is 0. The van der Waals surface area contributed by atoms with E-state index in [1.165, 1.54) is 25.7 Å². The predicted molar refractivity (Wildman–Crippen MR) is 99.2 cm³/mol. The summed E-state index contributed by atoms with van der Waals surface area (Å²) >= 11 is 5.29. The monoisotopic (exact) mass is 334 g/mol. The largest absolute Gasteiger partial charge is 0.490 e. The average Bonchev–Trinajstić information content (AvgIpc) is 3.07. The highest BCUT2D eigenvalue weighted by Crippen LogP contribution is 2.20. The summed E-state index contributed by atoms with van der Waals surface area (Å²) in [7, 11) is 0. The molecule has 0 bridgehead atoms. The summed E-state index contributed by atoms with van der Waals surface area (Å²) in [5, 5.41) is 6.99. The van der Waals surface area contributed by atoms with Gasteiger partial charge in [0.15, 0.2) is 5.11 Å². The van der Waals surface area contributed by atoms with Crippen LogP contribution in [0.3, 0.4) is 0 Å². The summed E-state index contributed by atoms with van der Waals surface area (Å²) in [6.45, 7) is 5.75. The fraction of sp³-hybridized carbons (Fsp3) is 0.500. The molecule has 1 saturated carbocycles. The van der Waals surface area contributed by atoms with Crippen molar-refractivity contribution < 1.29 is 9.47 Å². The molecule has 5 heteroatoms. The lowest BCUT2D eigenvalue weighted by Crippen LogP contribution is -2.30. The number of thiocarbonyl (C=S) groups is 1. The van der Waals surface area contributed by atoms with E-state index >= 15 is 0 Å². The Kier molecular flexibility index (Phi) is 7.90. The van der Waals surface area contributed by atoms with Gasteiger partial charge in [0.25, 0.3) is 0 Å². The van der Waals surface area contributed by atoms with Crippen molar-refractivity contribution in [2.24, 2.45) is 0 Å². The zero-order valence-corrected chi connectivity index (χ0v) is 14.4. The molecule has 0 radical (unpaired) electrons. The van der Waals surface area contributed by atoms with Crippen LogP contribution in [0.1, 0.15) is 32.1 Å². The standard InChI is InChI=1S/C18H26N2O2S/c1-2-13-21-17-10-8-15(9-11-17)20-18(23)19-12-5-14-22-16-6-3-4-7-16/h2,8-11,16H,1,3-7,12-14H2,(H2,19,20,23). The van der Waals surface area contributed by atoms with Crippen molar-refractivity contribution in [3.63, 3.8) is 0 Å². The maximum Gasteiger partial charge on any atom is 0.170 e. The van der Waals surface area contributed by atoms with Crippen LogP contribution >= 0.6 is 12.2 Å². The van der Waals surface area contributed by atoms with E-state index in [1.54, 1.807) is 6.08 Å². The Hall–Kier alpha value is -1.59. The quantitative estimate of drug-likeness (QED) is 0.407. The first kappa shape index (κ1) is 17.8. The van der Waals surface area contributed by atoms with Crippen LogP contribution in [0.2, 0.25) is 0 Å². The van der Waals surface area contributed by atoms with Gasteiger partial charge in [0, 0.05) is 18.8 Å². The van der Waals surface area contributed by atoms with Crippen molar-refractivity contribution in [1.29, 1.82) is 0 Å². The van der Waals surface area contributed by atoms with E-state index in [-0.39, 0.29) is 0 Å². The third kappa shape index (κ3) is 7.01. The number of benzene rings is 1. The number of ether oxygens (including phenoxy) is 2. The number of hydrogen-bond acceptors (Lipinski definition) is 3. The van der Waals surface area contributed by atoms with Crippen LogP contribution in [0.4, 0.5) is 5.69 Å².